The molecule has 0 aromatic heterocycles. The second-order valence-electron chi connectivity index (χ2n) is 5.29. The lowest BCUT2D eigenvalue weighted by Crippen LogP contribution is -2.51. The van der Waals surface area contributed by atoms with Gasteiger partial charge in [0.15, 0.2) is 5.78 Å². The third-order valence-electron chi connectivity index (χ3n) is 3.59. The number of benzene rings is 2. The normalized spacial score (nSPS) is 20.4. The molecular formula is C17H13F3N2OS. The number of nitrogens with one attached hydrogen (secondary N) is 1. The van der Waals surface area contributed by atoms with Gasteiger partial charge in [0.1, 0.15) is 5.04 Å². The maximum Gasteiger partial charge on any atom is 0.423 e. The van der Waals surface area contributed by atoms with E-state index in [4.69, 9.17) is 0 Å². The first kappa shape index (κ1) is 16.6. The van der Waals surface area contributed by atoms with Gasteiger partial charge in [-0.2, -0.15) is 18.3 Å². The van der Waals surface area contributed by atoms with Crippen molar-refractivity contribution in [3.8, 4) is 0 Å². The molecule has 1 N–H and O–H groups in total. The van der Waals surface area contributed by atoms with Crippen LogP contribution in [0.5, 0.6) is 0 Å². The summed E-state index contributed by atoms with van der Waals surface area (Å²) in [6.07, 6.45) is -5.37. The highest BCUT2D eigenvalue weighted by molar-refractivity contribution is 8.15. The molecule has 7 heteroatoms. The zero-order chi connectivity index (χ0) is 17.2. The highest BCUT2D eigenvalue weighted by Crippen LogP contribution is 2.47. The number of alkyl halides is 3. The van der Waals surface area contributed by atoms with E-state index in [1.807, 2.05) is 0 Å². The molecule has 0 aliphatic carbocycles. The summed E-state index contributed by atoms with van der Waals surface area (Å²) in [6, 6.07) is 16.5. The molecular weight excluding hydrogens is 337 g/mol. The molecule has 3 nitrogen and oxygen atoms in total. The molecule has 0 radical (unpaired) electrons. The highest BCUT2D eigenvalue weighted by atomic mass is 32.2. The van der Waals surface area contributed by atoms with Crippen LogP contribution < -0.4 is 5.43 Å². The summed E-state index contributed by atoms with van der Waals surface area (Å²) in [7, 11) is 0. The third kappa shape index (κ3) is 3.17. The summed E-state index contributed by atoms with van der Waals surface area (Å²) in [5, 5.41) is 4.05. The standard InChI is InChI=1S/C17H13F3N2OS/c18-17(19,20)16(11-14(23)12-7-3-1-4-8-12)22-21-15(24-16)13-9-5-2-6-10-13/h1-10,22H,11H2. The van der Waals surface area contributed by atoms with Crippen molar-refractivity contribution in [1.29, 1.82) is 0 Å². The summed E-state index contributed by atoms with van der Waals surface area (Å²) in [5.74, 6) is -0.586. The van der Waals surface area contributed by atoms with Gasteiger partial charge in [-0.25, -0.2) is 0 Å². The van der Waals surface area contributed by atoms with Gasteiger partial charge in [-0.15, -0.1) is 0 Å². The van der Waals surface area contributed by atoms with Crippen LogP contribution in [0.15, 0.2) is 65.8 Å². The molecule has 0 saturated carbocycles. The van der Waals surface area contributed by atoms with Gasteiger partial charge in [-0.3, -0.25) is 10.2 Å². The molecule has 2 aromatic carbocycles. The molecule has 1 unspecified atom stereocenters. The van der Waals surface area contributed by atoms with Crippen LogP contribution in [0.3, 0.4) is 0 Å². The fourth-order valence-electron chi connectivity index (χ4n) is 2.31. The average Bonchev–Trinajstić information content (AvgIpc) is 3.02. The molecule has 124 valence electrons. The van der Waals surface area contributed by atoms with Crippen molar-refractivity contribution in [2.75, 3.05) is 0 Å². The van der Waals surface area contributed by atoms with Crippen molar-refractivity contribution in [2.24, 2.45) is 5.10 Å². The van der Waals surface area contributed by atoms with E-state index in [9.17, 15) is 18.0 Å². The molecule has 0 spiro atoms. The number of carbonyl (C=O) groups is 1. The first-order chi connectivity index (χ1) is 11.4. The fraction of sp³-hybridized carbons (Fsp3) is 0.176. The molecule has 1 atom stereocenters. The van der Waals surface area contributed by atoms with Gasteiger partial charge in [0.2, 0.25) is 4.87 Å². The number of carbonyl (C=O) groups excluding carboxylic acids is 1. The topological polar surface area (TPSA) is 41.5 Å². The van der Waals surface area contributed by atoms with Crippen molar-refractivity contribution in [2.45, 2.75) is 17.5 Å². The number of hydrogen-bond donors (Lipinski definition) is 1. The van der Waals surface area contributed by atoms with Gasteiger partial charge in [0, 0.05) is 11.1 Å². The van der Waals surface area contributed by atoms with Gasteiger partial charge < -0.3 is 0 Å². The second kappa shape index (κ2) is 6.32. The van der Waals surface area contributed by atoms with Crippen molar-refractivity contribution in [3.05, 3.63) is 71.8 Å². The predicted molar refractivity (Wildman–Crippen MR) is 87.9 cm³/mol. The minimum Gasteiger partial charge on any atom is -0.294 e. The van der Waals surface area contributed by atoms with E-state index in [1.165, 1.54) is 12.1 Å². The summed E-state index contributed by atoms with van der Waals surface area (Å²) < 4.78 is 41.0. The highest BCUT2D eigenvalue weighted by Gasteiger charge is 2.60. The molecule has 1 aliphatic rings. The van der Waals surface area contributed by atoms with Crippen molar-refractivity contribution in [3.63, 3.8) is 0 Å². The molecule has 24 heavy (non-hydrogen) atoms. The molecule has 0 bridgehead atoms. The van der Waals surface area contributed by atoms with E-state index in [1.54, 1.807) is 48.5 Å². The van der Waals surface area contributed by atoms with E-state index in [2.05, 4.69) is 10.5 Å². The Balaban J connectivity index is 1.85. The zero-order valence-corrected chi connectivity index (χ0v) is 13.2. The Labute approximate surface area is 141 Å². The summed E-state index contributed by atoms with van der Waals surface area (Å²) >= 11 is 0.534. The van der Waals surface area contributed by atoms with Crippen molar-refractivity contribution >= 4 is 22.6 Å². The van der Waals surface area contributed by atoms with Crippen LogP contribution in [0.2, 0.25) is 0 Å². The van der Waals surface area contributed by atoms with Gasteiger partial charge in [-0.1, -0.05) is 72.4 Å². The summed E-state index contributed by atoms with van der Waals surface area (Å²) in [5.41, 5.74) is 2.99. The van der Waals surface area contributed by atoms with Crippen LogP contribution in [0.1, 0.15) is 22.3 Å². The SMILES string of the molecule is O=C(CC1(C(F)(F)F)NN=C(c2ccccc2)S1)c1ccccc1. The zero-order valence-electron chi connectivity index (χ0n) is 12.4. The van der Waals surface area contributed by atoms with Gasteiger partial charge in [0.05, 0.1) is 6.42 Å². The van der Waals surface area contributed by atoms with Gasteiger partial charge >= 0.3 is 6.18 Å². The molecule has 2 aromatic rings. The Morgan fingerprint density at radius 2 is 1.62 bits per heavy atom. The molecule has 0 fully saturated rings. The Morgan fingerprint density at radius 3 is 2.21 bits per heavy atom. The van der Waals surface area contributed by atoms with Crippen LogP contribution in [0.4, 0.5) is 13.2 Å². The number of nitrogens with zero attached hydrogens (tertiary/aromatic N) is 1. The van der Waals surface area contributed by atoms with E-state index in [0.717, 1.165) is 0 Å². The Bertz CT molecular complexity index is 762. The number of halogens is 3. The van der Waals surface area contributed by atoms with Crippen LogP contribution in [-0.2, 0) is 0 Å². The summed E-state index contributed by atoms with van der Waals surface area (Å²) in [6.45, 7) is 0. The number of hydrogen-bond acceptors (Lipinski definition) is 4. The van der Waals surface area contributed by atoms with E-state index in [0.29, 0.717) is 17.3 Å². The van der Waals surface area contributed by atoms with Crippen LogP contribution >= 0.6 is 11.8 Å². The van der Waals surface area contributed by atoms with Crippen LogP contribution in [-0.4, -0.2) is 21.9 Å². The van der Waals surface area contributed by atoms with E-state index < -0.39 is 23.3 Å². The minimum absolute atomic E-state index is 0.216. The average molecular weight is 350 g/mol. The quantitative estimate of drug-likeness (QED) is 0.840. The first-order valence-electron chi connectivity index (χ1n) is 7.16. The molecule has 0 saturated heterocycles. The minimum atomic E-state index is -4.64. The maximum absolute atomic E-state index is 13.7. The number of hydrazone groups is 1. The lowest BCUT2D eigenvalue weighted by Gasteiger charge is -2.29. The largest absolute Gasteiger partial charge is 0.423 e. The molecule has 1 heterocycles. The van der Waals surface area contributed by atoms with Gasteiger partial charge in [-0.05, 0) is 0 Å². The number of thioether (sulfide) groups is 1. The summed E-state index contributed by atoms with van der Waals surface area (Å²) in [4.78, 5) is 9.84. The number of Topliss-reactive ketones (excluding diaryl/α,β-unsaturated/α-hetero) is 1. The molecule has 1 aliphatic heterocycles. The molecule has 0 amide bonds. The number of rotatable bonds is 4. The smallest absolute Gasteiger partial charge is 0.294 e. The first-order valence-corrected chi connectivity index (χ1v) is 7.97. The fourth-order valence-corrected chi connectivity index (χ4v) is 3.39. The maximum atomic E-state index is 13.7. The molecule has 3 rings (SSSR count). The third-order valence-corrected chi connectivity index (χ3v) is 4.93. The Morgan fingerprint density at radius 1 is 1.04 bits per heavy atom. The van der Waals surface area contributed by atoms with Crippen LogP contribution in [0, 0.1) is 0 Å². The second-order valence-corrected chi connectivity index (χ2v) is 6.58. The van der Waals surface area contributed by atoms with Crippen molar-refractivity contribution in [1.82, 2.24) is 5.43 Å². The van der Waals surface area contributed by atoms with Crippen LogP contribution in [0.25, 0.3) is 0 Å². The monoisotopic (exact) mass is 350 g/mol. The Hall–Kier alpha value is -2.28. The number of ketones is 1. The van der Waals surface area contributed by atoms with Crippen molar-refractivity contribution < 1.29 is 18.0 Å². The van der Waals surface area contributed by atoms with E-state index in [-0.39, 0.29) is 10.6 Å². The Kier molecular flexibility index (Phi) is 4.36. The lowest BCUT2D eigenvalue weighted by molar-refractivity contribution is -0.165. The van der Waals surface area contributed by atoms with Gasteiger partial charge in [0.25, 0.3) is 0 Å². The predicted octanol–water partition coefficient (Wildman–Crippen LogP) is 4.22. The lowest BCUT2D eigenvalue weighted by atomic mass is 10.0. The van der Waals surface area contributed by atoms with E-state index >= 15 is 0 Å².